The predicted molar refractivity (Wildman–Crippen MR) is 121 cm³/mol. The number of aromatic nitrogens is 2. The van der Waals surface area contributed by atoms with Gasteiger partial charge in [-0.1, -0.05) is 32.9 Å². The van der Waals surface area contributed by atoms with Crippen LogP contribution < -0.4 is 0 Å². The van der Waals surface area contributed by atoms with Gasteiger partial charge in [-0.15, -0.1) is 10.2 Å². The van der Waals surface area contributed by atoms with E-state index < -0.39 is 21.8 Å². The molecule has 0 saturated carbocycles. The first-order valence-electron chi connectivity index (χ1n) is 11.0. The van der Waals surface area contributed by atoms with Crippen LogP contribution >= 0.6 is 0 Å². The zero-order valence-electron chi connectivity index (χ0n) is 19.1. The molecule has 3 aromatic rings. The smallest absolute Gasteiger partial charge is 0.416 e. The molecule has 1 aliphatic heterocycles. The average molecular weight is 494 g/mol. The molecule has 34 heavy (non-hydrogen) atoms. The van der Waals surface area contributed by atoms with Gasteiger partial charge in [0, 0.05) is 18.7 Å². The Kier molecular flexibility index (Phi) is 6.32. The summed E-state index contributed by atoms with van der Waals surface area (Å²) >= 11 is 0. The van der Waals surface area contributed by atoms with Gasteiger partial charge in [0.2, 0.25) is 21.8 Å². The van der Waals surface area contributed by atoms with Gasteiger partial charge in [0.15, 0.2) is 0 Å². The van der Waals surface area contributed by atoms with E-state index in [1.165, 1.54) is 16.4 Å². The molecule has 182 valence electrons. The Hall–Kier alpha value is -2.72. The molecular formula is C24H26F3N3O3S. The molecule has 1 aliphatic rings. The highest BCUT2D eigenvalue weighted by atomic mass is 32.2. The zero-order valence-corrected chi connectivity index (χ0v) is 19.9. The van der Waals surface area contributed by atoms with Crippen LogP contribution in [0.15, 0.2) is 57.8 Å². The summed E-state index contributed by atoms with van der Waals surface area (Å²) in [6.45, 7) is 6.77. The van der Waals surface area contributed by atoms with E-state index in [2.05, 4.69) is 31.0 Å². The molecule has 0 N–H and O–H groups in total. The minimum atomic E-state index is -4.43. The van der Waals surface area contributed by atoms with E-state index in [4.69, 9.17) is 4.42 Å². The molecular weight excluding hydrogens is 467 g/mol. The SMILES string of the molecule is CC(C)(C)c1ccc(S(=O)(=O)N2CCCC(c3nnc(-c4ccc(C(F)(F)F)cc4)o3)C2)cc1. The standard InChI is InChI=1S/C24H26F3N3O3S/c1-23(2,3)18-10-12-20(13-11-18)34(31,32)30-14-4-5-17(15-30)22-29-28-21(33-22)16-6-8-19(9-7-16)24(25,26)27/h6-13,17H,4-5,14-15H2,1-3H3. The lowest BCUT2D eigenvalue weighted by molar-refractivity contribution is -0.137. The Bertz CT molecular complexity index is 1250. The Morgan fingerprint density at radius 2 is 1.56 bits per heavy atom. The summed E-state index contributed by atoms with van der Waals surface area (Å²) in [6.07, 6.45) is -3.13. The van der Waals surface area contributed by atoms with Crippen molar-refractivity contribution in [2.75, 3.05) is 13.1 Å². The maximum absolute atomic E-state index is 13.2. The molecule has 10 heteroatoms. The van der Waals surface area contributed by atoms with Crippen molar-refractivity contribution < 1.29 is 26.0 Å². The minimum Gasteiger partial charge on any atom is -0.420 e. The quantitative estimate of drug-likeness (QED) is 0.471. The lowest BCUT2D eigenvalue weighted by Gasteiger charge is -2.30. The van der Waals surface area contributed by atoms with Crippen LogP contribution in [0.25, 0.3) is 11.5 Å². The second-order valence-electron chi connectivity index (χ2n) is 9.50. The van der Waals surface area contributed by atoms with E-state index >= 15 is 0 Å². The van der Waals surface area contributed by atoms with Gasteiger partial charge in [-0.05, 0) is 60.2 Å². The van der Waals surface area contributed by atoms with E-state index in [0.717, 1.165) is 17.7 Å². The third-order valence-corrected chi connectivity index (χ3v) is 7.87. The molecule has 1 unspecified atom stereocenters. The summed E-state index contributed by atoms with van der Waals surface area (Å²) in [7, 11) is -3.69. The molecule has 2 heterocycles. The van der Waals surface area contributed by atoms with E-state index in [1.807, 2.05) is 12.1 Å². The summed E-state index contributed by atoms with van der Waals surface area (Å²) in [5, 5.41) is 8.02. The van der Waals surface area contributed by atoms with Crippen LogP contribution in [0.5, 0.6) is 0 Å². The summed E-state index contributed by atoms with van der Waals surface area (Å²) in [4.78, 5) is 0.233. The molecule has 1 aromatic heterocycles. The highest BCUT2D eigenvalue weighted by molar-refractivity contribution is 7.89. The molecule has 0 aliphatic carbocycles. The third kappa shape index (κ3) is 5.02. The van der Waals surface area contributed by atoms with Crippen LogP contribution in [0, 0.1) is 0 Å². The van der Waals surface area contributed by atoms with E-state index in [0.29, 0.717) is 24.9 Å². The molecule has 0 radical (unpaired) electrons. The minimum absolute atomic E-state index is 0.0821. The van der Waals surface area contributed by atoms with Crippen molar-refractivity contribution in [3.8, 4) is 11.5 Å². The van der Waals surface area contributed by atoms with Crippen LogP contribution in [0.2, 0.25) is 0 Å². The lowest BCUT2D eigenvalue weighted by Crippen LogP contribution is -2.39. The molecule has 1 saturated heterocycles. The van der Waals surface area contributed by atoms with Crippen LogP contribution in [-0.2, 0) is 21.6 Å². The summed E-state index contributed by atoms with van der Waals surface area (Å²) < 4.78 is 72.0. The van der Waals surface area contributed by atoms with Crippen molar-refractivity contribution in [3.05, 3.63) is 65.5 Å². The maximum Gasteiger partial charge on any atom is 0.416 e. The summed E-state index contributed by atoms with van der Waals surface area (Å²) in [5.41, 5.74) is 0.566. The second kappa shape index (κ2) is 8.81. The monoisotopic (exact) mass is 493 g/mol. The Morgan fingerprint density at radius 1 is 0.941 bits per heavy atom. The number of rotatable bonds is 4. The van der Waals surface area contributed by atoms with E-state index in [-0.39, 0.29) is 34.6 Å². The number of nitrogens with zero attached hydrogens (tertiary/aromatic N) is 3. The topological polar surface area (TPSA) is 76.3 Å². The summed E-state index contributed by atoms with van der Waals surface area (Å²) in [6, 6.07) is 11.4. The molecule has 2 aromatic carbocycles. The van der Waals surface area contributed by atoms with Gasteiger partial charge >= 0.3 is 6.18 Å². The number of piperidine rings is 1. The number of sulfonamides is 1. The van der Waals surface area contributed by atoms with Gasteiger partial charge < -0.3 is 4.42 Å². The number of benzene rings is 2. The fraction of sp³-hybridized carbons (Fsp3) is 0.417. The van der Waals surface area contributed by atoms with Crippen molar-refractivity contribution in [1.82, 2.24) is 14.5 Å². The molecule has 1 fully saturated rings. The summed E-state index contributed by atoms with van der Waals surface area (Å²) in [5.74, 6) is 0.0763. The van der Waals surface area contributed by atoms with Crippen LogP contribution in [0.3, 0.4) is 0 Å². The Balaban J connectivity index is 1.50. The van der Waals surface area contributed by atoms with Gasteiger partial charge in [-0.3, -0.25) is 0 Å². The first kappa shape index (κ1) is 24.4. The zero-order chi connectivity index (χ0) is 24.7. The van der Waals surface area contributed by atoms with Crippen molar-refractivity contribution in [2.45, 2.75) is 56.0 Å². The second-order valence-corrected chi connectivity index (χ2v) is 11.4. The fourth-order valence-electron chi connectivity index (χ4n) is 3.96. The van der Waals surface area contributed by atoms with Crippen LogP contribution in [0.1, 0.15) is 56.5 Å². The molecule has 4 rings (SSSR count). The molecule has 6 nitrogen and oxygen atoms in total. The van der Waals surface area contributed by atoms with Gasteiger partial charge in [-0.2, -0.15) is 17.5 Å². The van der Waals surface area contributed by atoms with Crippen molar-refractivity contribution in [3.63, 3.8) is 0 Å². The Morgan fingerprint density at radius 3 is 2.15 bits per heavy atom. The van der Waals surface area contributed by atoms with E-state index in [9.17, 15) is 21.6 Å². The highest BCUT2D eigenvalue weighted by Gasteiger charge is 2.34. The molecule has 0 amide bonds. The number of halogens is 3. The van der Waals surface area contributed by atoms with Crippen molar-refractivity contribution in [2.24, 2.45) is 0 Å². The van der Waals surface area contributed by atoms with Gasteiger partial charge in [0.1, 0.15) is 0 Å². The van der Waals surface area contributed by atoms with Gasteiger partial charge in [-0.25, -0.2) is 8.42 Å². The van der Waals surface area contributed by atoms with Crippen molar-refractivity contribution in [1.29, 1.82) is 0 Å². The lowest BCUT2D eigenvalue weighted by atomic mass is 9.87. The number of hydrogen-bond donors (Lipinski definition) is 0. The van der Waals surface area contributed by atoms with Crippen LogP contribution in [-0.4, -0.2) is 36.0 Å². The third-order valence-electron chi connectivity index (χ3n) is 5.99. The predicted octanol–water partition coefficient (Wildman–Crippen LogP) is 5.62. The maximum atomic E-state index is 13.2. The molecule has 0 spiro atoms. The fourth-order valence-corrected chi connectivity index (χ4v) is 5.48. The normalized spacial score (nSPS) is 18.2. The van der Waals surface area contributed by atoms with Crippen LogP contribution in [0.4, 0.5) is 13.2 Å². The largest absolute Gasteiger partial charge is 0.420 e. The first-order valence-corrected chi connectivity index (χ1v) is 12.4. The van der Waals surface area contributed by atoms with Gasteiger partial charge in [0.25, 0.3) is 0 Å². The van der Waals surface area contributed by atoms with Crippen molar-refractivity contribution >= 4 is 10.0 Å². The van der Waals surface area contributed by atoms with Gasteiger partial charge in [0.05, 0.1) is 16.4 Å². The average Bonchev–Trinajstić information content (AvgIpc) is 3.29. The number of alkyl halides is 3. The van der Waals surface area contributed by atoms with E-state index in [1.54, 1.807) is 12.1 Å². The molecule has 1 atom stereocenters. The first-order chi connectivity index (χ1) is 15.9. The highest BCUT2D eigenvalue weighted by Crippen LogP contribution is 2.33. The molecule has 0 bridgehead atoms. The Labute approximate surface area is 196 Å². The number of hydrogen-bond acceptors (Lipinski definition) is 5.